The van der Waals surface area contributed by atoms with Gasteiger partial charge in [0.1, 0.15) is 10.9 Å². The summed E-state index contributed by atoms with van der Waals surface area (Å²) in [4.78, 5) is 16.8. The van der Waals surface area contributed by atoms with E-state index in [1.165, 1.54) is 0 Å². The number of carbonyl (C=O) groups is 1. The van der Waals surface area contributed by atoms with E-state index in [0.29, 0.717) is 17.3 Å². The maximum absolute atomic E-state index is 12.2. The van der Waals surface area contributed by atoms with Gasteiger partial charge in [-0.2, -0.15) is 0 Å². The highest BCUT2D eigenvalue weighted by atomic mass is 32.1. The SMILES string of the molecule is CCOC(=O)C(C(=S)Nc1ccccc1)c1ccccn1. The molecule has 1 unspecified atom stereocenters. The van der Waals surface area contributed by atoms with Crippen LogP contribution in [0.3, 0.4) is 0 Å². The standard InChI is InChI=1S/C16H16N2O2S/c1-2-20-16(19)14(13-10-6-7-11-17-13)15(21)18-12-8-4-3-5-9-12/h3-11,14H,2H2,1H3,(H,18,21). The minimum atomic E-state index is -0.707. The van der Waals surface area contributed by atoms with Crippen molar-refractivity contribution in [2.45, 2.75) is 12.8 Å². The smallest absolute Gasteiger partial charge is 0.322 e. The number of pyridine rings is 1. The molecule has 1 atom stereocenters. The Morgan fingerprint density at radius 2 is 1.95 bits per heavy atom. The van der Waals surface area contributed by atoms with Gasteiger partial charge in [0.2, 0.25) is 0 Å². The van der Waals surface area contributed by atoms with Crippen molar-refractivity contribution < 1.29 is 9.53 Å². The van der Waals surface area contributed by atoms with E-state index in [4.69, 9.17) is 17.0 Å². The van der Waals surface area contributed by atoms with Gasteiger partial charge in [-0.3, -0.25) is 9.78 Å². The number of aromatic nitrogens is 1. The molecular formula is C16H16N2O2S. The zero-order valence-electron chi connectivity index (χ0n) is 11.7. The number of anilines is 1. The van der Waals surface area contributed by atoms with Gasteiger partial charge in [0.25, 0.3) is 0 Å². The molecule has 0 aliphatic carbocycles. The van der Waals surface area contributed by atoms with Crippen molar-refractivity contribution >= 4 is 28.9 Å². The molecule has 1 N–H and O–H groups in total. The first-order chi connectivity index (χ1) is 10.2. The predicted molar refractivity (Wildman–Crippen MR) is 86.3 cm³/mol. The molecular weight excluding hydrogens is 284 g/mol. The lowest BCUT2D eigenvalue weighted by Gasteiger charge is -2.17. The molecule has 2 rings (SSSR count). The summed E-state index contributed by atoms with van der Waals surface area (Å²) in [6.45, 7) is 2.07. The van der Waals surface area contributed by atoms with E-state index >= 15 is 0 Å². The van der Waals surface area contributed by atoms with Crippen LogP contribution in [0.4, 0.5) is 5.69 Å². The van der Waals surface area contributed by atoms with Gasteiger partial charge in [-0.05, 0) is 31.2 Å². The molecule has 2 aromatic rings. The van der Waals surface area contributed by atoms with E-state index in [9.17, 15) is 4.79 Å². The number of para-hydroxylation sites is 1. The quantitative estimate of drug-likeness (QED) is 0.679. The Morgan fingerprint density at radius 3 is 2.57 bits per heavy atom. The molecule has 5 heteroatoms. The Labute approximate surface area is 129 Å². The molecule has 21 heavy (non-hydrogen) atoms. The Morgan fingerprint density at radius 1 is 1.24 bits per heavy atom. The zero-order valence-corrected chi connectivity index (χ0v) is 12.5. The molecule has 0 saturated heterocycles. The number of esters is 1. The van der Waals surface area contributed by atoms with Crippen molar-refractivity contribution in [3.8, 4) is 0 Å². The number of nitrogens with zero attached hydrogens (tertiary/aromatic N) is 1. The van der Waals surface area contributed by atoms with Crippen LogP contribution in [0.2, 0.25) is 0 Å². The molecule has 0 fully saturated rings. The summed E-state index contributed by atoms with van der Waals surface area (Å²) in [5.41, 5.74) is 1.40. The number of carbonyl (C=O) groups excluding carboxylic acids is 1. The molecule has 0 spiro atoms. The Balaban J connectivity index is 2.23. The van der Waals surface area contributed by atoms with Crippen LogP contribution in [0.25, 0.3) is 0 Å². The normalized spacial score (nSPS) is 11.5. The van der Waals surface area contributed by atoms with Crippen LogP contribution in [0.1, 0.15) is 18.5 Å². The molecule has 4 nitrogen and oxygen atoms in total. The number of hydrogen-bond acceptors (Lipinski definition) is 4. The lowest BCUT2D eigenvalue weighted by atomic mass is 10.0. The van der Waals surface area contributed by atoms with E-state index in [1.807, 2.05) is 36.4 Å². The fraction of sp³-hybridized carbons (Fsp3) is 0.188. The van der Waals surface area contributed by atoms with E-state index in [1.54, 1.807) is 25.3 Å². The number of nitrogens with one attached hydrogen (secondary N) is 1. The largest absolute Gasteiger partial charge is 0.465 e. The van der Waals surface area contributed by atoms with E-state index in [-0.39, 0.29) is 0 Å². The lowest BCUT2D eigenvalue weighted by Crippen LogP contribution is -2.28. The number of benzene rings is 1. The first kappa shape index (κ1) is 15.1. The first-order valence-corrected chi connectivity index (χ1v) is 7.06. The molecule has 0 amide bonds. The molecule has 0 saturated carbocycles. The van der Waals surface area contributed by atoms with Gasteiger partial charge < -0.3 is 10.1 Å². The highest BCUT2D eigenvalue weighted by Crippen LogP contribution is 2.19. The van der Waals surface area contributed by atoms with Gasteiger partial charge in [0.15, 0.2) is 0 Å². The van der Waals surface area contributed by atoms with Crippen molar-refractivity contribution in [2.24, 2.45) is 0 Å². The Bertz CT molecular complexity index is 602. The van der Waals surface area contributed by atoms with Crippen LogP contribution < -0.4 is 5.32 Å². The summed E-state index contributed by atoms with van der Waals surface area (Å²) in [7, 11) is 0. The third kappa shape index (κ3) is 4.10. The molecule has 1 aromatic carbocycles. The minimum absolute atomic E-state index is 0.302. The van der Waals surface area contributed by atoms with Crippen LogP contribution in [0.5, 0.6) is 0 Å². The number of hydrogen-bond donors (Lipinski definition) is 1. The maximum atomic E-state index is 12.2. The molecule has 0 aliphatic rings. The van der Waals surface area contributed by atoms with Crippen molar-refractivity contribution in [3.63, 3.8) is 0 Å². The van der Waals surface area contributed by atoms with E-state index in [0.717, 1.165) is 5.69 Å². The molecule has 0 radical (unpaired) electrons. The second kappa shape index (κ2) is 7.50. The fourth-order valence-electron chi connectivity index (χ4n) is 1.87. The summed E-state index contributed by atoms with van der Waals surface area (Å²) < 4.78 is 5.11. The van der Waals surface area contributed by atoms with Crippen molar-refractivity contribution in [1.82, 2.24) is 4.98 Å². The van der Waals surface area contributed by atoms with Crippen LogP contribution in [-0.4, -0.2) is 22.5 Å². The minimum Gasteiger partial charge on any atom is -0.465 e. The highest BCUT2D eigenvalue weighted by Gasteiger charge is 2.28. The fourth-order valence-corrected chi connectivity index (χ4v) is 2.21. The van der Waals surface area contributed by atoms with Crippen molar-refractivity contribution in [3.05, 3.63) is 60.4 Å². The predicted octanol–water partition coefficient (Wildman–Crippen LogP) is 3.17. The summed E-state index contributed by atoms with van der Waals surface area (Å²) in [6, 6.07) is 14.8. The van der Waals surface area contributed by atoms with Gasteiger partial charge in [0, 0.05) is 11.9 Å². The van der Waals surface area contributed by atoms with Gasteiger partial charge in [-0.15, -0.1) is 0 Å². The van der Waals surface area contributed by atoms with Crippen LogP contribution >= 0.6 is 12.2 Å². The number of rotatable bonds is 5. The van der Waals surface area contributed by atoms with Crippen LogP contribution in [0, 0.1) is 0 Å². The lowest BCUT2D eigenvalue weighted by molar-refractivity contribution is -0.143. The topological polar surface area (TPSA) is 51.2 Å². The first-order valence-electron chi connectivity index (χ1n) is 6.66. The van der Waals surface area contributed by atoms with Crippen molar-refractivity contribution in [1.29, 1.82) is 0 Å². The van der Waals surface area contributed by atoms with Gasteiger partial charge >= 0.3 is 5.97 Å². The van der Waals surface area contributed by atoms with Gasteiger partial charge in [0.05, 0.1) is 12.3 Å². The molecule has 108 valence electrons. The molecule has 0 bridgehead atoms. The maximum Gasteiger partial charge on any atom is 0.322 e. The van der Waals surface area contributed by atoms with E-state index < -0.39 is 11.9 Å². The molecule has 0 aliphatic heterocycles. The zero-order chi connectivity index (χ0) is 15.1. The van der Waals surface area contributed by atoms with Crippen LogP contribution in [-0.2, 0) is 9.53 Å². The summed E-state index contributed by atoms with van der Waals surface area (Å²) >= 11 is 5.38. The number of thiocarbonyl (C=S) groups is 1. The Hall–Kier alpha value is -2.27. The molecule has 1 heterocycles. The van der Waals surface area contributed by atoms with Gasteiger partial charge in [-0.25, -0.2) is 0 Å². The monoisotopic (exact) mass is 300 g/mol. The molecule has 1 aromatic heterocycles. The Kier molecular flexibility index (Phi) is 5.40. The summed E-state index contributed by atoms with van der Waals surface area (Å²) in [5, 5.41) is 3.07. The van der Waals surface area contributed by atoms with E-state index in [2.05, 4.69) is 10.3 Å². The van der Waals surface area contributed by atoms with Gasteiger partial charge in [-0.1, -0.05) is 36.5 Å². The highest BCUT2D eigenvalue weighted by molar-refractivity contribution is 7.80. The third-order valence-corrected chi connectivity index (χ3v) is 3.15. The van der Waals surface area contributed by atoms with Crippen LogP contribution in [0.15, 0.2) is 54.7 Å². The van der Waals surface area contributed by atoms with Crippen molar-refractivity contribution in [2.75, 3.05) is 11.9 Å². The summed E-state index contributed by atoms with van der Waals surface area (Å²) in [5.74, 6) is -1.11. The average Bonchev–Trinajstić information content (AvgIpc) is 2.50. The third-order valence-electron chi connectivity index (χ3n) is 2.81. The second-order valence-electron chi connectivity index (χ2n) is 4.29. The average molecular weight is 300 g/mol. The summed E-state index contributed by atoms with van der Waals surface area (Å²) in [6.07, 6.45) is 1.63. The number of ether oxygens (including phenoxy) is 1. The second-order valence-corrected chi connectivity index (χ2v) is 4.73.